The minimum absolute atomic E-state index is 0.253. The van der Waals surface area contributed by atoms with Crippen LogP contribution in [-0.2, 0) is 80.0 Å². The zero-order valence-corrected chi connectivity index (χ0v) is 52.5. The summed E-state index contributed by atoms with van der Waals surface area (Å²) in [4.78, 5) is 36.8. The second-order valence-corrected chi connectivity index (χ2v) is 22.8. The average Bonchev–Trinajstić information content (AvgIpc) is 3.70. The maximum Gasteiger partial charge on any atom is 0.330 e. The molecular formula is C74H101NO10. The molecule has 0 heterocycles. The minimum atomic E-state index is -0.443. The van der Waals surface area contributed by atoms with Crippen molar-refractivity contribution in [1.82, 2.24) is 0 Å². The average molecular weight is 1160 g/mol. The maximum atomic E-state index is 12.3. The highest BCUT2D eigenvalue weighted by Crippen LogP contribution is 2.42. The van der Waals surface area contributed by atoms with Crippen LogP contribution in [-0.4, -0.2) is 64.2 Å². The van der Waals surface area contributed by atoms with Crippen molar-refractivity contribution < 1.29 is 47.5 Å². The third kappa shape index (κ3) is 24.6. The Labute approximate surface area is 510 Å². The fraction of sp³-hybridized carbons (Fsp3) is 0.541. The molecule has 4 aromatic rings. The Morgan fingerprint density at radius 1 is 0.365 bits per heavy atom. The highest BCUT2D eigenvalue weighted by Gasteiger charge is 2.25. The van der Waals surface area contributed by atoms with Crippen LogP contribution in [0.15, 0.2) is 86.5 Å². The number of carbonyl (C=O) groups is 3. The SMILES string of the molecule is C=CC(=O)OCCCc1cc2c(OCCCCCC)c(c1)Cc1cc(CCCOC(=O)C=C)cc(c1OCCCCCC)Cc1cc(CCCOC(=O)C=C)cc(c1OCCCCCC)Cc1cc(CCCC#N)cc(c1OCCCCCC)C2. The van der Waals surface area contributed by atoms with Gasteiger partial charge in [0.1, 0.15) is 23.0 Å². The van der Waals surface area contributed by atoms with Crippen LogP contribution in [0.1, 0.15) is 229 Å². The summed E-state index contributed by atoms with van der Waals surface area (Å²) in [6.07, 6.45) is 28.2. The molecule has 0 atom stereocenters. The topological polar surface area (TPSA) is 140 Å². The van der Waals surface area contributed by atoms with E-state index < -0.39 is 17.9 Å². The van der Waals surface area contributed by atoms with Crippen LogP contribution >= 0.6 is 0 Å². The van der Waals surface area contributed by atoms with E-state index in [1.165, 1.54) is 18.2 Å². The Balaban J connectivity index is 1.92. The molecule has 0 fully saturated rings. The molecule has 4 aromatic carbocycles. The molecule has 0 N–H and O–H groups in total. The molecule has 11 heteroatoms. The normalized spacial score (nSPS) is 11.7. The molecule has 11 nitrogen and oxygen atoms in total. The van der Waals surface area contributed by atoms with Crippen LogP contribution in [0.25, 0.3) is 0 Å². The van der Waals surface area contributed by atoms with Gasteiger partial charge in [0.2, 0.25) is 0 Å². The highest BCUT2D eigenvalue weighted by atomic mass is 16.5. The van der Waals surface area contributed by atoms with E-state index >= 15 is 0 Å². The number of carbonyl (C=O) groups excluding carboxylic acids is 3. The second kappa shape index (κ2) is 40.5. The number of hydrogen-bond donors (Lipinski definition) is 0. The summed E-state index contributed by atoms with van der Waals surface area (Å²) in [6, 6.07) is 20.7. The van der Waals surface area contributed by atoms with Gasteiger partial charge in [-0.25, -0.2) is 14.4 Å². The lowest BCUT2D eigenvalue weighted by atomic mass is 9.87. The first-order valence-corrected chi connectivity index (χ1v) is 32.4. The van der Waals surface area contributed by atoms with Gasteiger partial charge in [-0.15, -0.1) is 0 Å². The molecule has 0 saturated carbocycles. The smallest absolute Gasteiger partial charge is 0.330 e. The van der Waals surface area contributed by atoms with Crippen LogP contribution in [0.2, 0.25) is 0 Å². The van der Waals surface area contributed by atoms with Gasteiger partial charge in [-0.2, -0.15) is 5.26 Å². The first-order valence-electron chi connectivity index (χ1n) is 32.4. The standard InChI is InChI=1S/C74H101NO10/c1-8-15-19-25-37-82-71-60-44-56(32-23-24-36-75)45-61(71)53-63-47-58(34-30-42-80-69(77)13-6)49-65(73(63)84-39-27-21-17-10-3)55-67-51-59(35-31-43-81-70(78)14-7)50-66(74(67)85-40-28-22-18-11-4)54-64-48-57(33-29-41-79-68(76)12-5)46-62(52-60)72(64)83-38-26-20-16-9-2/h12-14,44-51H,5-11,15-35,37-43,52-55H2,1-4H3. The first-order chi connectivity index (χ1) is 41.6. The van der Waals surface area contributed by atoms with Gasteiger partial charge in [-0.3, -0.25) is 0 Å². The molecule has 85 heavy (non-hydrogen) atoms. The fourth-order valence-corrected chi connectivity index (χ4v) is 11.2. The molecule has 0 saturated heterocycles. The summed E-state index contributed by atoms with van der Waals surface area (Å²) < 4.78 is 45.4. The van der Waals surface area contributed by atoms with E-state index in [2.05, 4.69) is 102 Å². The van der Waals surface area contributed by atoms with Crippen molar-refractivity contribution in [1.29, 1.82) is 5.26 Å². The molecule has 0 radical (unpaired) electrons. The molecule has 0 aromatic heterocycles. The number of nitriles is 1. The summed E-state index contributed by atoms with van der Waals surface area (Å²) in [5.41, 5.74) is 12.8. The van der Waals surface area contributed by atoms with Gasteiger partial charge in [-0.05, 0) is 144 Å². The van der Waals surface area contributed by atoms with Crippen molar-refractivity contribution in [2.24, 2.45) is 0 Å². The maximum absolute atomic E-state index is 12.3. The highest BCUT2D eigenvalue weighted by molar-refractivity contribution is 5.81. The molecule has 1 aliphatic rings. The fourth-order valence-electron chi connectivity index (χ4n) is 11.2. The molecular weight excluding hydrogens is 1060 g/mol. The Morgan fingerprint density at radius 2 is 0.600 bits per heavy atom. The zero-order valence-electron chi connectivity index (χ0n) is 52.5. The lowest BCUT2D eigenvalue weighted by Gasteiger charge is -2.25. The second-order valence-electron chi connectivity index (χ2n) is 22.8. The molecule has 8 bridgehead atoms. The summed E-state index contributed by atoms with van der Waals surface area (Å²) >= 11 is 0. The van der Waals surface area contributed by atoms with Crippen LogP contribution in [0.4, 0.5) is 0 Å². The Morgan fingerprint density at radius 3 is 0.812 bits per heavy atom. The van der Waals surface area contributed by atoms with Gasteiger partial charge in [0.05, 0.1) is 52.3 Å². The molecule has 462 valence electrons. The molecule has 0 amide bonds. The van der Waals surface area contributed by atoms with E-state index in [-0.39, 0.29) is 19.8 Å². The Hall–Kier alpha value is -6.80. The minimum Gasteiger partial charge on any atom is -0.493 e. The van der Waals surface area contributed by atoms with E-state index in [1.807, 2.05) is 0 Å². The summed E-state index contributed by atoms with van der Waals surface area (Å²) in [5.74, 6) is 2.12. The van der Waals surface area contributed by atoms with E-state index in [4.69, 9.17) is 33.2 Å². The van der Waals surface area contributed by atoms with E-state index in [1.54, 1.807) is 0 Å². The molecule has 1 aliphatic carbocycles. The predicted octanol–water partition coefficient (Wildman–Crippen LogP) is 17.0. The van der Waals surface area contributed by atoms with Crippen LogP contribution < -0.4 is 18.9 Å². The van der Waals surface area contributed by atoms with Gasteiger partial charge >= 0.3 is 17.9 Å². The van der Waals surface area contributed by atoms with Crippen molar-refractivity contribution >= 4 is 17.9 Å². The van der Waals surface area contributed by atoms with E-state index in [0.29, 0.717) is 97.1 Å². The lowest BCUT2D eigenvalue weighted by molar-refractivity contribution is -0.138. The van der Waals surface area contributed by atoms with Gasteiger partial charge in [0.25, 0.3) is 0 Å². The lowest BCUT2D eigenvalue weighted by Crippen LogP contribution is -2.12. The largest absolute Gasteiger partial charge is 0.493 e. The number of nitrogens with zero attached hydrogens (tertiary/aromatic N) is 1. The van der Waals surface area contributed by atoms with Gasteiger partial charge < -0.3 is 33.2 Å². The summed E-state index contributed by atoms with van der Waals surface area (Å²) in [6.45, 7) is 22.7. The molecule has 0 aliphatic heterocycles. The first kappa shape index (κ1) is 69.0. The summed E-state index contributed by atoms with van der Waals surface area (Å²) in [7, 11) is 0. The van der Waals surface area contributed by atoms with Gasteiger partial charge in [0, 0.05) is 50.3 Å². The predicted molar refractivity (Wildman–Crippen MR) is 343 cm³/mol. The van der Waals surface area contributed by atoms with Crippen molar-refractivity contribution in [3.63, 3.8) is 0 Å². The molecule has 0 unspecified atom stereocenters. The van der Waals surface area contributed by atoms with E-state index in [9.17, 15) is 19.6 Å². The third-order valence-corrected chi connectivity index (χ3v) is 15.5. The zero-order chi connectivity index (χ0) is 60.9. The van der Waals surface area contributed by atoms with Crippen LogP contribution in [0.5, 0.6) is 23.0 Å². The van der Waals surface area contributed by atoms with Crippen LogP contribution in [0, 0.1) is 11.3 Å². The number of hydrogen-bond acceptors (Lipinski definition) is 11. The van der Waals surface area contributed by atoms with Crippen molar-refractivity contribution in [3.8, 4) is 29.1 Å². The number of fused-ring (bicyclic) bond motifs is 8. The monoisotopic (exact) mass is 1160 g/mol. The summed E-state index contributed by atoms with van der Waals surface area (Å²) in [5, 5.41) is 9.80. The van der Waals surface area contributed by atoms with Crippen molar-refractivity contribution in [2.45, 2.75) is 214 Å². The Bertz CT molecular complexity index is 2620. The van der Waals surface area contributed by atoms with Crippen molar-refractivity contribution in [3.05, 3.63) is 153 Å². The molecule has 0 spiro atoms. The number of unbranched alkanes of at least 4 members (excludes halogenated alkanes) is 13. The molecule has 5 rings (SSSR count). The van der Waals surface area contributed by atoms with E-state index in [0.717, 1.165) is 205 Å². The quantitative estimate of drug-likeness (QED) is 0.0160. The van der Waals surface area contributed by atoms with Crippen LogP contribution in [0.3, 0.4) is 0 Å². The van der Waals surface area contributed by atoms with Crippen molar-refractivity contribution in [2.75, 3.05) is 46.2 Å². The van der Waals surface area contributed by atoms with Gasteiger partial charge in [-0.1, -0.05) is 173 Å². The number of rotatable bonds is 42. The third-order valence-electron chi connectivity index (χ3n) is 15.5. The van der Waals surface area contributed by atoms with Gasteiger partial charge in [0.15, 0.2) is 0 Å². The number of benzene rings is 4. The number of ether oxygens (including phenoxy) is 7. The number of esters is 3. The number of aryl methyl sites for hydroxylation is 4. The Kier molecular flexibility index (Phi) is 32.9.